The van der Waals surface area contributed by atoms with Crippen molar-refractivity contribution in [2.45, 2.75) is 0 Å². The Morgan fingerprint density at radius 3 is 2.50 bits per heavy atom. The summed E-state index contributed by atoms with van der Waals surface area (Å²) in [5.74, 6) is -0.814. The first-order valence-electron chi connectivity index (χ1n) is 6.93. The predicted molar refractivity (Wildman–Crippen MR) is 96.0 cm³/mol. The number of carbonyl (C=O) groups is 3. The minimum atomic E-state index is -0.765. The lowest BCUT2D eigenvalue weighted by Crippen LogP contribution is -2.54. The molecule has 0 unspecified atom stereocenters. The Morgan fingerprint density at radius 1 is 1.08 bits per heavy atom. The van der Waals surface area contributed by atoms with E-state index in [2.05, 4.69) is 27.9 Å². The molecule has 3 rings (SSSR count). The largest absolute Gasteiger partial charge is 0.465 e. The highest BCUT2D eigenvalue weighted by Gasteiger charge is 2.36. The fraction of sp³-hybridized carbons (Fsp3) is 0. The first-order valence-corrected chi connectivity index (χ1v) is 8.01. The number of benzene rings is 1. The van der Waals surface area contributed by atoms with Gasteiger partial charge < -0.3 is 4.42 Å². The van der Waals surface area contributed by atoms with Gasteiger partial charge in [-0.15, -0.1) is 0 Å². The fourth-order valence-electron chi connectivity index (χ4n) is 2.13. The van der Waals surface area contributed by atoms with Crippen LogP contribution in [0.5, 0.6) is 0 Å². The summed E-state index contributed by atoms with van der Waals surface area (Å²) in [6.07, 6.45) is 6.00. The molecule has 0 aliphatic carbocycles. The minimum absolute atomic E-state index is 0.129. The van der Waals surface area contributed by atoms with Gasteiger partial charge in [-0.1, -0.05) is 6.08 Å². The van der Waals surface area contributed by atoms with Crippen LogP contribution in [0.2, 0.25) is 0 Å². The fourth-order valence-corrected chi connectivity index (χ4v) is 2.49. The van der Waals surface area contributed by atoms with Gasteiger partial charge in [-0.05, 0) is 71.1 Å². The van der Waals surface area contributed by atoms with Crippen molar-refractivity contribution in [1.29, 1.82) is 0 Å². The van der Waals surface area contributed by atoms with Gasteiger partial charge in [0.2, 0.25) is 0 Å². The van der Waals surface area contributed by atoms with Crippen molar-refractivity contribution in [2.75, 3.05) is 4.90 Å². The van der Waals surface area contributed by atoms with Crippen LogP contribution >= 0.6 is 22.6 Å². The Balaban J connectivity index is 1.89. The van der Waals surface area contributed by atoms with Gasteiger partial charge in [-0.3, -0.25) is 14.9 Å². The molecule has 1 N–H and O–H groups in total. The molecule has 1 aromatic carbocycles. The number of rotatable bonds is 3. The Hall–Kier alpha value is -2.68. The summed E-state index contributed by atoms with van der Waals surface area (Å²) in [4.78, 5) is 37.4. The van der Waals surface area contributed by atoms with E-state index in [9.17, 15) is 14.4 Å². The van der Waals surface area contributed by atoms with E-state index >= 15 is 0 Å². The number of halogens is 1. The second-order valence-corrected chi connectivity index (χ2v) is 6.08. The summed E-state index contributed by atoms with van der Waals surface area (Å²) in [6, 6.07) is 9.52. The monoisotopic (exact) mass is 434 g/mol. The number of hydrogen-bond acceptors (Lipinski definition) is 4. The summed E-state index contributed by atoms with van der Waals surface area (Å²) in [5.41, 5.74) is 0.266. The average Bonchev–Trinajstić information content (AvgIpc) is 3.05. The lowest BCUT2D eigenvalue weighted by Gasteiger charge is -2.26. The molecule has 1 aromatic heterocycles. The molecule has 2 aromatic rings. The third kappa shape index (κ3) is 3.30. The summed E-state index contributed by atoms with van der Waals surface area (Å²) in [5, 5.41) is 2.17. The summed E-state index contributed by atoms with van der Waals surface area (Å²) >= 11 is 2.12. The summed E-state index contributed by atoms with van der Waals surface area (Å²) < 4.78 is 6.10. The maximum atomic E-state index is 12.5. The number of furan rings is 1. The summed E-state index contributed by atoms with van der Waals surface area (Å²) in [6.45, 7) is 0. The third-order valence-corrected chi connectivity index (χ3v) is 3.97. The van der Waals surface area contributed by atoms with Crippen LogP contribution < -0.4 is 10.2 Å². The van der Waals surface area contributed by atoms with Crippen molar-refractivity contribution < 1.29 is 18.8 Å². The molecule has 1 fully saturated rings. The molecule has 1 aliphatic rings. The van der Waals surface area contributed by atoms with E-state index in [1.165, 1.54) is 18.4 Å². The van der Waals surface area contributed by atoms with E-state index in [0.717, 1.165) is 8.47 Å². The molecule has 1 aliphatic heterocycles. The number of barbiturate groups is 1. The van der Waals surface area contributed by atoms with Crippen LogP contribution in [0.25, 0.3) is 6.08 Å². The number of imide groups is 2. The Bertz CT molecular complexity index is 851. The second-order valence-electron chi connectivity index (χ2n) is 4.83. The zero-order valence-electron chi connectivity index (χ0n) is 12.2. The average molecular weight is 434 g/mol. The molecule has 0 saturated carbocycles. The Morgan fingerprint density at radius 2 is 1.83 bits per heavy atom. The lowest BCUT2D eigenvalue weighted by atomic mass is 10.1. The van der Waals surface area contributed by atoms with Crippen LogP contribution in [0.15, 0.2) is 64.8 Å². The second kappa shape index (κ2) is 6.83. The number of nitrogens with one attached hydrogen (secondary N) is 1. The van der Waals surface area contributed by atoms with Crippen molar-refractivity contribution in [3.05, 3.63) is 69.7 Å². The zero-order valence-corrected chi connectivity index (χ0v) is 14.4. The first kappa shape index (κ1) is 16.2. The van der Waals surface area contributed by atoms with Crippen LogP contribution in [-0.4, -0.2) is 17.8 Å². The van der Waals surface area contributed by atoms with Crippen LogP contribution in [-0.2, 0) is 9.59 Å². The predicted octanol–water partition coefficient (Wildman–Crippen LogP) is 3.11. The first-order chi connectivity index (χ1) is 11.6. The van der Waals surface area contributed by atoms with Crippen LogP contribution in [0, 0.1) is 3.57 Å². The van der Waals surface area contributed by atoms with Crippen molar-refractivity contribution in [1.82, 2.24) is 5.32 Å². The van der Waals surface area contributed by atoms with E-state index < -0.39 is 17.8 Å². The SMILES string of the molecule is O=C1NC(=O)N(c2ccc(I)cc2)C(=O)/C1=C\C=C\c1ccco1. The number of anilines is 1. The van der Waals surface area contributed by atoms with E-state index in [1.807, 2.05) is 0 Å². The molecule has 0 spiro atoms. The molecule has 7 heteroatoms. The van der Waals surface area contributed by atoms with E-state index in [4.69, 9.17) is 4.42 Å². The van der Waals surface area contributed by atoms with Gasteiger partial charge in [0.05, 0.1) is 12.0 Å². The highest BCUT2D eigenvalue weighted by molar-refractivity contribution is 14.1. The summed E-state index contributed by atoms with van der Waals surface area (Å²) in [7, 11) is 0. The Kier molecular flexibility index (Phi) is 4.61. The molecule has 0 bridgehead atoms. The maximum absolute atomic E-state index is 12.5. The van der Waals surface area contributed by atoms with Gasteiger partial charge in [0.15, 0.2) is 0 Å². The molecule has 0 atom stereocenters. The number of hydrogen-bond donors (Lipinski definition) is 1. The van der Waals surface area contributed by atoms with Crippen LogP contribution in [0.3, 0.4) is 0 Å². The van der Waals surface area contributed by atoms with Gasteiger partial charge in [0.1, 0.15) is 11.3 Å². The number of amides is 4. The molecule has 24 heavy (non-hydrogen) atoms. The lowest BCUT2D eigenvalue weighted by molar-refractivity contribution is -0.122. The number of urea groups is 1. The van der Waals surface area contributed by atoms with Gasteiger partial charge in [-0.2, -0.15) is 0 Å². The van der Waals surface area contributed by atoms with E-state index in [-0.39, 0.29) is 5.57 Å². The highest BCUT2D eigenvalue weighted by Crippen LogP contribution is 2.21. The van der Waals surface area contributed by atoms with E-state index in [0.29, 0.717) is 11.4 Å². The third-order valence-electron chi connectivity index (χ3n) is 3.25. The molecular formula is C17H11IN2O4. The molecule has 0 radical (unpaired) electrons. The van der Waals surface area contributed by atoms with Crippen molar-refractivity contribution in [2.24, 2.45) is 0 Å². The zero-order chi connectivity index (χ0) is 17.1. The van der Waals surface area contributed by atoms with E-state index in [1.54, 1.807) is 42.5 Å². The van der Waals surface area contributed by atoms with Crippen LogP contribution in [0.1, 0.15) is 5.76 Å². The van der Waals surface area contributed by atoms with Crippen LogP contribution in [0.4, 0.5) is 10.5 Å². The van der Waals surface area contributed by atoms with Gasteiger partial charge in [0.25, 0.3) is 11.8 Å². The van der Waals surface area contributed by atoms with Crippen molar-refractivity contribution in [3.63, 3.8) is 0 Å². The normalized spacial score (nSPS) is 17.0. The van der Waals surface area contributed by atoms with Gasteiger partial charge >= 0.3 is 6.03 Å². The minimum Gasteiger partial charge on any atom is -0.465 e. The number of carbonyl (C=O) groups excluding carboxylic acids is 3. The van der Waals surface area contributed by atoms with Crippen molar-refractivity contribution in [3.8, 4) is 0 Å². The van der Waals surface area contributed by atoms with Crippen molar-refractivity contribution >= 4 is 52.2 Å². The van der Waals surface area contributed by atoms with Gasteiger partial charge in [0, 0.05) is 3.57 Å². The molecule has 2 heterocycles. The Labute approximate surface area is 151 Å². The molecule has 1 saturated heterocycles. The number of nitrogens with zero attached hydrogens (tertiary/aromatic N) is 1. The quantitative estimate of drug-likeness (QED) is 0.458. The molecule has 6 nitrogen and oxygen atoms in total. The maximum Gasteiger partial charge on any atom is 0.335 e. The van der Waals surface area contributed by atoms with Gasteiger partial charge in [-0.25, -0.2) is 9.69 Å². The standard InChI is InChI=1S/C17H11IN2O4/c18-11-6-8-12(9-7-11)20-16(22)14(15(21)19-17(20)23)5-1-3-13-4-2-10-24-13/h1-10H,(H,19,21,23)/b3-1+,14-5-. The highest BCUT2D eigenvalue weighted by atomic mass is 127. The topological polar surface area (TPSA) is 79.6 Å². The smallest absolute Gasteiger partial charge is 0.335 e. The number of allylic oxidation sites excluding steroid dienone is 2. The molecule has 4 amide bonds. The molecular weight excluding hydrogens is 423 g/mol. The molecule has 120 valence electrons.